The minimum absolute atomic E-state index is 0.223. The number of amides is 1. The van der Waals surface area contributed by atoms with E-state index in [4.69, 9.17) is 0 Å². The Balaban J connectivity index is 1.78. The molecule has 0 spiro atoms. The fourth-order valence-corrected chi connectivity index (χ4v) is 2.72. The first-order valence-corrected chi connectivity index (χ1v) is 7.83. The van der Waals surface area contributed by atoms with Gasteiger partial charge in [0, 0.05) is 32.7 Å². The van der Waals surface area contributed by atoms with Crippen LogP contribution in [0.1, 0.15) is 12.5 Å². The van der Waals surface area contributed by atoms with E-state index in [1.165, 1.54) is 0 Å². The molecule has 5 nitrogen and oxygen atoms in total. The molecule has 1 aromatic carbocycles. The second-order valence-electron chi connectivity index (χ2n) is 5.99. The van der Waals surface area contributed by atoms with Gasteiger partial charge in [-0.3, -0.25) is 14.6 Å². The number of rotatable bonds is 5. The van der Waals surface area contributed by atoms with Crippen LogP contribution in [0.25, 0.3) is 0 Å². The van der Waals surface area contributed by atoms with Crippen molar-refractivity contribution in [3.63, 3.8) is 0 Å². The molecule has 1 fully saturated rings. The molecular weight excluding hydrogens is 323 g/mol. The summed E-state index contributed by atoms with van der Waals surface area (Å²) in [5.41, 5.74) is 0.999. The van der Waals surface area contributed by atoms with E-state index in [0.717, 1.165) is 5.56 Å². The van der Waals surface area contributed by atoms with Gasteiger partial charge >= 0.3 is 6.18 Å². The van der Waals surface area contributed by atoms with Gasteiger partial charge in [-0.15, -0.1) is 0 Å². The molecule has 8 heteroatoms. The molecule has 0 unspecified atom stereocenters. The number of benzene rings is 1. The molecule has 1 saturated heterocycles. The molecule has 0 saturated carbocycles. The molecular formula is C16H22F3N3O2. The standard InChI is InChI=1S/C16H22F3N3O2/c1-12(15(24)20-11-16(17,18)19)22-7-5-21(6-8-22)10-13-3-2-4-14(23)9-13/h2-4,9,12,23H,5-8,10-11H2,1H3,(H,20,24)/t12-/m0/s1. The number of piperazine rings is 1. The molecule has 134 valence electrons. The van der Waals surface area contributed by atoms with Gasteiger partial charge in [-0.05, 0) is 24.6 Å². The maximum atomic E-state index is 12.2. The third kappa shape index (κ3) is 5.68. The molecule has 2 N–H and O–H groups in total. The molecule has 0 aliphatic carbocycles. The Bertz CT molecular complexity index is 558. The summed E-state index contributed by atoms with van der Waals surface area (Å²) in [5.74, 6) is -0.380. The fourth-order valence-electron chi connectivity index (χ4n) is 2.72. The first-order chi connectivity index (χ1) is 11.2. The Morgan fingerprint density at radius 2 is 1.96 bits per heavy atom. The lowest BCUT2D eigenvalue weighted by atomic mass is 10.1. The molecule has 24 heavy (non-hydrogen) atoms. The Morgan fingerprint density at radius 3 is 2.54 bits per heavy atom. The van der Waals surface area contributed by atoms with Gasteiger partial charge in [-0.25, -0.2) is 0 Å². The van der Waals surface area contributed by atoms with Crippen molar-refractivity contribution >= 4 is 5.91 Å². The smallest absolute Gasteiger partial charge is 0.405 e. The summed E-state index contributed by atoms with van der Waals surface area (Å²) in [6, 6.07) is 6.45. The molecule has 1 amide bonds. The van der Waals surface area contributed by atoms with Gasteiger partial charge < -0.3 is 10.4 Å². The molecule has 1 aliphatic heterocycles. The van der Waals surface area contributed by atoms with Crippen LogP contribution < -0.4 is 5.32 Å². The Hall–Kier alpha value is -1.80. The SMILES string of the molecule is C[C@@H](C(=O)NCC(F)(F)F)N1CCN(Cc2cccc(O)c2)CC1. The maximum absolute atomic E-state index is 12.2. The first-order valence-electron chi connectivity index (χ1n) is 7.83. The van der Waals surface area contributed by atoms with E-state index < -0.39 is 24.7 Å². The van der Waals surface area contributed by atoms with E-state index in [1.54, 1.807) is 25.1 Å². The average molecular weight is 345 g/mol. The van der Waals surface area contributed by atoms with E-state index in [1.807, 2.05) is 16.3 Å². The van der Waals surface area contributed by atoms with Crippen molar-refractivity contribution in [1.82, 2.24) is 15.1 Å². The third-order valence-electron chi connectivity index (χ3n) is 4.11. The molecule has 0 bridgehead atoms. The summed E-state index contributed by atoms with van der Waals surface area (Å²) in [4.78, 5) is 15.9. The quantitative estimate of drug-likeness (QED) is 0.851. The van der Waals surface area contributed by atoms with Gasteiger partial charge in [-0.2, -0.15) is 13.2 Å². The van der Waals surface area contributed by atoms with Crippen molar-refractivity contribution < 1.29 is 23.1 Å². The number of carbonyl (C=O) groups is 1. The first kappa shape index (κ1) is 18.5. The van der Waals surface area contributed by atoms with E-state index in [9.17, 15) is 23.1 Å². The van der Waals surface area contributed by atoms with Crippen molar-refractivity contribution in [2.75, 3.05) is 32.7 Å². The van der Waals surface area contributed by atoms with Gasteiger partial charge in [0.05, 0.1) is 6.04 Å². The highest BCUT2D eigenvalue weighted by Crippen LogP contribution is 2.16. The van der Waals surface area contributed by atoms with Crippen LogP contribution in [0.2, 0.25) is 0 Å². The average Bonchev–Trinajstić information content (AvgIpc) is 2.52. The molecule has 1 heterocycles. The summed E-state index contributed by atoms with van der Waals surface area (Å²) in [6.45, 7) is 3.67. The van der Waals surface area contributed by atoms with Crippen LogP contribution in [0.3, 0.4) is 0 Å². The zero-order chi connectivity index (χ0) is 17.7. The predicted molar refractivity (Wildman–Crippen MR) is 83.5 cm³/mol. The zero-order valence-electron chi connectivity index (χ0n) is 13.5. The van der Waals surface area contributed by atoms with Crippen molar-refractivity contribution in [2.24, 2.45) is 0 Å². The zero-order valence-corrected chi connectivity index (χ0v) is 13.5. The van der Waals surface area contributed by atoms with Crippen molar-refractivity contribution in [1.29, 1.82) is 0 Å². The fraction of sp³-hybridized carbons (Fsp3) is 0.562. The van der Waals surface area contributed by atoms with Crippen molar-refractivity contribution in [3.8, 4) is 5.75 Å². The predicted octanol–water partition coefficient (Wildman–Crippen LogP) is 1.58. The number of hydrogen-bond donors (Lipinski definition) is 2. The molecule has 1 atom stereocenters. The number of phenols is 1. The molecule has 1 aliphatic rings. The van der Waals surface area contributed by atoms with Crippen LogP contribution in [-0.4, -0.2) is 65.8 Å². The number of nitrogens with one attached hydrogen (secondary N) is 1. The van der Waals surface area contributed by atoms with Crippen LogP contribution in [-0.2, 0) is 11.3 Å². The lowest BCUT2D eigenvalue weighted by molar-refractivity contribution is -0.141. The van der Waals surface area contributed by atoms with Gasteiger partial charge in [0.15, 0.2) is 0 Å². The Kier molecular flexibility index (Phi) is 6.06. The number of phenolic OH excluding ortho intramolecular Hbond substituents is 1. The summed E-state index contributed by atoms with van der Waals surface area (Å²) in [6.07, 6.45) is -4.39. The Morgan fingerprint density at radius 1 is 1.29 bits per heavy atom. The second kappa shape index (κ2) is 7.85. The largest absolute Gasteiger partial charge is 0.508 e. The lowest BCUT2D eigenvalue weighted by Gasteiger charge is -2.37. The van der Waals surface area contributed by atoms with Gasteiger partial charge in [0.1, 0.15) is 12.3 Å². The normalized spacial score (nSPS) is 18.3. The molecule has 1 aromatic rings. The summed E-state index contributed by atoms with van der Waals surface area (Å²) < 4.78 is 36.5. The minimum atomic E-state index is -4.39. The van der Waals surface area contributed by atoms with Crippen LogP contribution in [0, 0.1) is 0 Å². The maximum Gasteiger partial charge on any atom is 0.405 e. The molecule has 0 radical (unpaired) electrons. The van der Waals surface area contributed by atoms with Crippen LogP contribution >= 0.6 is 0 Å². The summed E-state index contributed by atoms with van der Waals surface area (Å²) >= 11 is 0. The highest BCUT2D eigenvalue weighted by Gasteiger charge is 2.31. The molecule has 0 aromatic heterocycles. The topological polar surface area (TPSA) is 55.8 Å². The highest BCUT2D eigenvalue weighted by molar-refractivity contribution is 5.81. The van der Waals surface area contributed by atoms with E-state index in [-0.39, 0.29) is 5.75 Å². The van der Waals surface area contributed by atoms with Crippen molar-refractivity contribution in [3.05, 3.63) is 29.8 Å². The van der Waals surface area contributed by atoms with Gasteiger partial charge in [-0.1, -0.05) is 12.1 Å². The number of carbonyl (C=O) groups excluding carboxylic acids is 1. The van der Waals surface area contributed by atoms with E-state index in [2.05, 4.69) is 4.90 Å². The summed E-state index contributed by atoms with van der Waals surface area (Å²) in [7, 11) is 0. The van der Waals surface area contributed by atoms with E-state index >= 15 is 0 Å². The molecule has 2 rings (SSSR count). The third-order valence-corrected chi connectivity index (χ3v) is 4.11. The van der Waals surface area contributed by atoms with Crippen LogP contribution in [0.4, 0.5) is 13.2 Å². The highest BCUT2D eigenvalue weighted by atomic mass is 19.4. The number of aromatic hydroxyl groups is 1. The van der Waals surface area contributed by atoms with Crippen molar-refractivity contribution in [2.45, 2.75) is 25.7 Å². The lowest BCUT2D eigenvalue weighted by Crippen LogP contribution is -2.54. The van der Waals surface area contributed by atoms with Crippen LogP contribution in [0.5, 0.6) is 5.75 Å². The van der Waals surface area contributed by atoms with E-state index in [0.29, 0.717) is 32.7 Å². The Labute approximate surface area is 139 Å². The van der Waals surface area contributed by atoms with Crippen LogP contribution in [0.15, 0.2) is 24.3 Å². The number of hydrogen-bond acceptors (Lipinski definition) is 4. The number of alkyl halides is 3. The van der Waals surface area contributed by atoms with Gasteiger partial charge in [0.2, 0.25) is 5.91 Å². The number of nitrogens with zero attached hydrogens (tertiary/aromatic N) is 2. The van der Waals surface area contributed by atoms with Gasteiger partial charge in [0.25, 0.3) is 0 Å². The second-order valence-corrected chi connectivity index (χ2v) is 5.99. The monoisotopic (exact) mass is 345 g/mol. The minimum Gasteiger partial charge on any atom is -0.508 e. The summed E-state index contributed by atoms with van der Waals surface area (Å²) in [5, 5.41) is 11.4. The number of halogens is 3.